The Hall–Kier alpha value is -4.06. The minimum atomic E-state index is -4.48. The van der Waals surface area contributed by atoms with Gasteiger partial charge in [0.2, 0.25) is 15.9 Å². The summed E-state index contributed by atoms with van der Waals surface area (Å²) in [7, 11) is -3.47. The Kier molecular flexibility index (Phi) is 7.12. The molecular formula is C25H23F3N4O4S. The van der Waals surface area contributed by atoms with E-state index in [9.17, 15) is 31.2 Å². The minimum absolute atomic E-state index is 0.161. The van der Waals surface area contributed by atoms with Gasteiger partial charge in [0.25, 0.3) is 0 Å². The van der Waals surface area contributed by atoms with Crippen LogP contribution in [0, 0.1) is 0 Å². The van der Waals surface area contributed by atoms with Crippen LogP contribution in [0.4, 0.5) is 35.0 Å². The molecule has 8 nitrogen and oxygen atoms in total. The number of urea groups is 1. The molecule has 12 heteroatoms. The zero-order chi connectivity index (χ0) is 26.8. The maximum atomic E-state index is 12.9. The van der Waals surface area contributed by atoms with Gasteiger partial charge in [-0.2, -0.15) is 13.2 Å². The van der Waals surface area contributed by atoms with Gasteiger partial charge in [-0.25, -0.2) is 13.2 Å². The molecule has 1 aliphatic rings. The quantitative estimate of drug-likeness (QED) is 0.429. The molecule has 1 fully saturated rings. The topological polar surface area (TPSA) is 108 Å². The lowest BCUT2D eigenvalue weighted by atomic mass is 10.0. The average molecular weight is 533 g/mol. The molecular weight excluding hydrogens is 509 g/mol. The fourth-order valence-corrected chi connectivity index (χ4v) is 4.56. The average Bonchev–Trinajstić information content (AvgIpc) is 3.18. The van der Waals surface area contributed by atoms with Gasteiger partial charge in [0.1, 0.15) is 6.04 Å². The van der Waals surface area contributed by atoms with E-state index in [0.717, 1.165) is 36.1 Å². The van der Waals surface area contributed by atoms with Crippen LogP contribution in [0.1, 0.15) is 12.0 Å². The van der Waals surface area contributed by atoms with Crippen LogP contribution in [0.25, 0.3) is 11.1 Å². The van der Waals surface area contributed by atoms with Crippen LogP contribution in [0.5, 0.6) is 0 Å². The van der Waals surface area contributed by atoms with Crippen molar-refractivity contribution in [2.75, 3.05) is 27.7 Å². The van der Waals surface area contributed by atoms with Crippen LogP contribution in [0.3, 0.4) is 0 Å². The van der Waals surface area contributed by atoms with E-state index in [1.54, 1.807) is 48.5 Å². The second-order valence-electron chi connectivity index (χ2n) is 8.47. The molecule has 1 heterocycles. The van der Waals surface area contributed by atoms with Crippen LogP contribution < -0.4 is 20.3 Å². The van der Waals surface area contributed by atoms with Crippen molar-refractivity contribution in [3.8, 4) is 11.1 Å². The molecule has 3 aromatic rings. The smallest absolute Gasteiger partial charge is 0.326 e. The van der Waals surface area contributed by atoms with E-state index in [4.69, 9.17) is 0 Å². The minimum Gasteiger partial charge on any atom is -0.326 e. The van der Waals surface area contributed by atoms with Gasteiger partial charge in [-0.15, -0.1) is 0 Å². The van der Waals surface area contributed by atoms with Gasteiger partial charge in [0.15, 0.2) is 0 Å². The number of carbonyl (C=O) groups excluding carboxylic acids is 2. The van der Waals surface area contributed by atoms with E-state index in [0.29, 0.717) is 29.9 Å². The molecule has 4 rings (SSSR count). The van der Waals surface area contributed by atoms with Gasteiger partial charge in [0, 0.05) is 23.5 Å². The Morgan fingerprint density at radius 2 is 1.62 bits per heavy atom. The summed E-state index contributed by atoms with van der Waals surface area (Å²) in [6.07, 6.45) is -3.06. The summed E-state index contributed by atoms with van der Waals surface area (Å²) in [6, 6.07) is 16.4. The van der Waals surface area contributed by atoms with Crippen molar-refractivity contribution in [2.45, 2.75) is 18.6 Å². The molecule has 3 aromatic carbocycles. The summed E-state index contributed by atoms with van der Waals surface area (Å²) >= 11 is 0. The number of alkyl halides is 3. The number of nitrogens with zero attached hydrogens (tertiary/aromatic N) is 1. The van der Waals surface area contributed by atoms with Crippen molar-refractivity contribution >= 4 is 39.0 Å². The molecule has 0 aromatic heterocycles. The lowest BCUT2D eigenvalue weighted by molar-refractivity contribution is -0.137. The van der Waals surface area contributed by atoms with Crippen molar-refractivity contribution in [3.63, 3.8) is 0 Å². The van der Waals surface area contributed by atoms with Crippen molar-refractivity contribution in [2.24, 2.45) is 0 Å². The summed E-state index contributed by atoms with van der Waals surface area (Å²) in [4.78, 5) is 26.7. The van der Waals surface area contributed by atoms with E-state index in [1.165, 1.54) is 4.90 Å². The zero-order valence-corrected chi connectivity index (χ0v) is 20.4. The molecule has 3 amide bonds. The van der Waals surface area contributed by atoms with Crippen LogP contribution in [0.2, 0.25) is 0 Å². The van der Waals surface area contributed by atoms with E-state index >= 15 is 0 Å². The Bertz CT molecular complexity index is 1410. The molecule has 1 atom stereocenters. The lowest BCUT2D eigenvalue weighted by Crippen LogP contribution is -2.43. The highest BCUT2D eigenvalue weighted by atomic mass is 32.2. The third-order valence-electron chi connectivity index (χ3n) is 5.69. The highest BCUT2D eigenvalue weighted by Gasteiger charge is 2.34. The molecule has 0 bridgehead atoms. The first kappa shape index (κ1) is 26.0. The number of nitrogens with one attached hydrogen (secondary N) is 3. The van der Waals surface area contributed by atoms with Crippen molar-refractivity contribution in [1.29, 1.82) is 0 Å². The van der Waals surface area contributed by atoms with Crippen LogP contribution in [0.15, 0.2) is 72.8 Å². The number of amides is 3. The summed E-state index contributed by atoms with van der Waals surface area (Å²) in [5.41, 5.74) is 1.78. The van der Waals surface area contributed by atoms with Gasteiger partial charge in [-0.05, 0) is 54.4 Å². The first-order chi connectivity index (χ1) is 17.4. The Labute approximate surface area is 211 Å². The van der Waals surface area contributed by atoms with Gasteiger partial charge in [0.05, 0.1) is 17.5 Å². The molecule has 0 aliphatic carbocycles. The van der Waals surface area contributed by atoms with E-state index in [2.05, 4.69) is 15.4 Å². The predicted octanol–water partition coefficient (Wildman–Crippen LogP) is 4.67. The van der Waals surface area contributed by atoms with Gasteiger partial charge in [-0.1, -0.05) is 30.3 Å². The highest BCUT2D eigenvalue weighted by molar-refractivity contribution is 7.92. The SMILES string of the molecule is CS(=O)(=O)Nc1ccccc1-c1ccc(N2CC[C@@H](NC(=O)Nc3ccc(C(F)(F)F)cc3)C2=O)cc1. The first-order valence-electron chi connectivity index (χ1n) is 11.1. The molecule has 0 radical (unpaired) electrons. The van der Waals surface area contributed by atoms with Crippen LogP contribution in [-0.2, 0) is 21.0 Å². The normalized spacial score (nSPS) is 15.9. The number of hydrogen-bond acceptors (Lipinski definition) is 4. The Morgan fingerprint density at radius 3 is 2.24 bits per heavy atom. The predicted molar refractivity (Wildman–Crippen MR) is 135 cm³/mol. The van der Waals surface area contributed by atoms with E-state index in [1.807, 2.05) is 0 Å². The monoisotopic (exact) mass is 532 g/mol. The molecule has 0 saturated carbocycles. The molecule has 194 valence electrons. The van der Waals surface area contributed by atoms with Crippen LogP contribution in [-0.4, -0.2) is 39.2 Å². The summed E-state index contributed by atoms with van der Waals surface area (Å²) < 4.78 is 63.9. The standard InChI is InChI=1S/C25H23F3N4O4S/c1-37(35,36)31-21-5-3-2-4-20(21)16-6-12-19(13-7-16)32-15-14-22(23(32)33)30-24(34)29-18-10-8-17(9-11-18)25(26,27)28/h2-13,22,31H,14-15H2,1H3,(H2,29,30,34)/t22-/m1/s1. The van der Waals surface area contributed by atoms with Crippen molar-refractivity contribution in [1.82, 2.24) is 5.32 Å². The second-order valence-corrected chi connectivity index (χ2v) is 10.2. The fraction of sp³-hybridized carbons (Fsp3) is 0.200. The maximum absolute atomic E-state index is 12.9. The van der Waals surface area contributed by atoms with Gasteiger partial charge >= 0.3 is 12.2 Å². The number of hydrogen-bond donors (Lipinski definition) is 3. The number of halogens is 3. The van der Waals surface area contributed by atoms with Crippen molar-refractivity contribution < 1.29 is 31.2 Å². The fourth-order valence-electron chi connectivity index (χ4n) is 3.98. The van der Waals surface area contributed by atoms with Crippen molar-refractivity contribution in [3.05, 3.63) is 78.4 Å². The number of carbonyl (C=O) groups is 2. The largest absolute Gasteiger partial charge is 0.416 e. The highest BCUT2D eigenvalue weighted by Crippen LogP contribution is 2.32. The van der Waals surface area contributed by atoms with Gasteiger partial charge in [-0.3, -0.25) is 9.52 Å². The molecule has 0 spiro atoms. The molecule has 1 aliphatic heterocycles. The molecule has 37 heavy (non-hydrogen) atoms. The lowest BCUT2D eigenvalue weighted by Gasteiger charge is -2.18. The summed E-state index contributed by atoms with van der Waals surface area (Å²) in [5, 5.41) is 4.99. The Morgan fingerprint density at radius 1 is 0.973 bits per heavy atom. The summed E-state index contributed by atoms with van der Waals surface area (Å²) in [5.74, 6) is -0.325. The van der Waals surface area contributed by atoms with E-state index in [-0.39, 0.29) is 11.6 Å². The van der Waals surface area contributed by atoms with Crippen LogP contribution >= 0.6 is 0 Å². The molecule has 0 unspecified atom stereocenters. The number of benzene rings is 3. The number of anilines is 3. The van der Waals surface area contributed by atoms with Gasteiger partial charge < -0.3 is 15.5 Å². The molecule has 1 saturated heterocycles. The number of rotatable bonds is 6. The third-order valence-corrected chi connectivity index (χ3v) is 6.28. The zero-order valence-electron chi connectivity index (χ0n) is 19.5. The molecule has 3 N–H and O–H groups in total. The summed E-state index contributed by atoms with van der Waals surface area (Å²) in [6.45, 7) is 0.357. The third kappa shape index (κ3) is 6.39. The maximum Gasteiger partial charge on any atom is 0.416 e. The Balaban J connectivity index is 1.39. The van der Waals surface area contributed by atoms with E-state index < -0.39 is 33.8 Å². The first-order valence-corrected chi connectivity index (χ1v) is 13.0. The number of para-hydroxylation sites is 1. The number of sulfonamides is 1. The second kappa shape index (κ2) is 10.1.